The van der Waals surface area contributed by atoms with Gasteiger partial charge in [0, 0.05) is 50.3 Å². The van der Waals surface area contributed by atoms with Crippen molar-refractivity contribution in [1.29, 1.82) is 0 Å². The van der Waals surface area contributed by atoms with Crippen LogP contribution in [0.1, 0.15) is 12.0 Å². The summed E-state index contributed by atoms with van der Waals surface area (Å²) in [5.74, 6) is 2.66. The van der Waals surface area contributed by atoms with Crippen LogP contribution in [0.4, 0.5) is 0 Å². The molecule has 0 aliphatic carbocycles. The minimum absolute atomic E-state index is 0.814. The maximum Gasteiger partial charge on any atom is 0.0236 e. The van der Waals surface area contributed by atoms with Crippen LogP contribution in [-0.2, 0) is 6.54 Å². The molecule has 1 aromatic carbocycles. The molecule has 2 aliphatic rings. The van der Waals surface area contributed by atoms with Crippen molar-refractivity contribution < 1.29 is 0 Å². The molecule has 98 valence electrons. The zero-order chi connectivity index (χ0) is 12.2. The Kier molecular flexibility index (Phi) is 4.24. The molecule has 0 bridgehead atoms. The number of rotatable bonds is 3. The smallest absolute Gasteiger partial charge is 0.0236 e. The van der Waals surface area contributed by atoms with Gasteiger partial charge in [0.05, 0.1) is 0 Å². The van der Waals surface area contributed by atoms with Gasteiger partial charge in [-0.3, -0.25) is 9.80 Å². The van der Waals surface area contributed by atoms with Gasteiger partial charge >= 0.3 is 0 Å². The summed E-state index contributed by atoms with van der Waals surface area (Å²) in [6.07, 6.45) is 1.36. The molecular formula is C15H22N2S. The van der Waals surface area contributed by atoms with E-state index in [0.29, 0.717) is 0 Å². The molecule has 1 atom stereocenters. The Labute approximate surface area is 114 Å². The van der Waals surface area contributed by atoms with E-state index in [0.717, 1.165) is 12.6 Å². The highest BCUT2D eigenvalue weighted by Crippen LogP contribution is 2.21. The Morgan fingerprint density at radius 2 is 1.83 bits per heavy atom. The van der Waals surface area contributed by atoms with Crippen LogP contribution < -0.4 is 0 Å². The zero-order valence-electron chi connectivity index (χ0n) is 10.9. The zero-order valence-corrected chi connectivity index (χ0v) is 11.7. The molecule has 3 heteroatoms. The molecule has 2 fully saturated rings. The van der Waals surface area contributed by atoms with Crippen LogP contribution >= 0.6 is 11.8 Å². The molecule has 1 aromatic rings. The Balaban J connectivity index is 1.52. The molecule has 0 spiro atoms. The van der Waals surface area contributed by atoms with Crippen molar-refractivity contribution in [3.05, 3.63) is 35.9 Å². The lowest BCUT2D eigenvalue weighted by Gasteiger charge is -2.32. The van der Waals surface area contributed by atoms with Crippen molar-refractivity contribution in [3.63, 3.8) is 0 Å². The average molecular weight is 262 g/mol. The van der Waals surface area contributed by atoms with Crippen LogP contribution in [0.25, 0.3) is 0 Å². The van der Waals surface area contributed by atoms with E-state index < -0.39 is 0 Å². The molecule has 18 heavy (non-hydrogen) atoms. The van der Waals surface area contributed by atoms with Crippen molar-refractivity contribution in [2.45, 2.75) is 19.0 Å². The summed E-state index contributed by atoms with van der Waals surface area (Å²) in [7, 11) is 0. The molecule has 1 unspecified atom stereocenters. The van der Waals surface area contributed by atoms with E-state index in [4.69, 9.17) is 0 Å². The summed E-state index contributed by atoms with van der Waals surface area (Å²) in [5, 5.41) is 0. The van der Waals surface area contributed by atoms with Crippen molar-refractivity contribution in [2.24, 2.45) is 0 Å². The van der Waals surface area contributed by atoms with E-state index in [2.05, 4.69) is 51.9 Å². The molecule has 0 N–H and O–H groups in total. The van der Waals surface area contributed by atoms with Gasteiger partial charge in [-0.2, -0.15) is 11.8 Å². The van der Waals surface area contributed by atoms with E-state index in [1.165, 1.54) is 49.7 Å². The van der Waals surface area contributed by atoms with E-state index in [1.807, 2.05) is 0 Å². The third kappa shape index (κ3) is 3.08. The molecule has 2 aliphatic heterocycles. The van der Waals surface area contributed by atoms with Crippen molar-refractivity contribution >= 4 is 11.8 Å². The van der Waals surface area contributed by atoms with Gasteiger partial charge in [-0.25, -0.2) is 0 Å². The van der Waals surface area contributed by atoms with Crippen LogP contribution in [0.5, 0.6) is 0 Å². The van der Waals surface area contributed by atoms with Gasteiger partial charge < -0.3 is 0 Å². The van der Waals surface area contributed by atoms with Crippen LogP contribution in [0.2, 0.25) is 0 Å². The maximum atomic E-state index is 2.71. The summed E-state index contributed by atoms with van der Waals surface area (Å²) < 4.78 is 0. The fourth-order valence-corrected chi connectivity index (χ4v) is 3.97. The molecule has 2 heterocycles. The minimum atomic E-state index is 0.814. The fraction of sp³-hybridized carbons (Fsp3) is 0.600. The van der Waals surface area contributed by atoms with Gasteiger partial charge in [0.2, 0.25) is 0 Å². The number of likely N-dealkylation sites (tertiary alicyclic amines) is 1. The third-order valence-corrected chi connectivity index (χ3v) is 5.00. The highest BCUT2D eigenvalue weighted by molar-refractivity contribution is 7.99. The topological polar surface area (TPSA) is 6.48 Å². The van der Waals surface area contributed by atoms with Gasteiger partial charge in [-0.15, -0.1) is 0 Å². The first-order valence-corrected chi connectivity index (χ1v) is 8.15. The first kappa shape index (κ1) is 12.5. The van der Waals surface area contributed by atoms with Crippen molar-refractivity contribution in [1.82, 2.24) is 9.80 Å². The normalized spacial score (nSPS) is 26.6. The Morgan fingerprint density at radius 1 is 1.06 bits per heavy atom. The van der Waals surface area contributed by atoms with E-state index >= 15 is 0 Å². The molecule has 0 amide bonds. The monoisotopic (exact) mass is 262 g/mol. The number of benzene rings is 1. The summed E-state index contributed by atoms with van der Waals surface area (Å²) >= 11 is 2.11. The number of nitrogens with zero attached hydrogens (tertiary/aromatic N) is 2. The lowest BCUT2D eigenvalue weighted by Crippen LogP contribution is -2.42. The summed E-state index contributed by atoms with van der Waals surface area (Å²) in [6, 6.07) is 11.7. The molecule has 0 aromatic heterocycles. The molecule has 2 saturated heterocycles. The van der Waals surface area contributed by atoms with Gasteiger partial charge in [-0.1, -0.05) is 30.3 Å². The summed E-state index contributed by atoms with van der Waals surface area (Å²) in [6.45, 7) is 6.26. The molecular weight excluding hydrogens is 240 g/mol. The lowest BCUT2D eigenvalue weighted by atomic mass is 10.2. The number of thioether (sulfide) groups is 1. The first-order chi connectivity index (χ1) is 8.92. The quantitative estimate of drug-likeness (QED) is 0.825. The predicted octanol–water partition coefficient (Wildman–Crippen LogP) is 2.31. The van der Waals surface area contributed by atoms with Gasteiger partial charge in [0.25, 0.3) is 0 Å². The second kappa shape index (κ2) is 6.09. The average Bonchev–Trinajstić information content (AvgIpc) is 2.89. The van der Waals surface area contributed by atoms with E-state index in [-0.39, 0.29) is 0 Å². The Morgan fingerprint density at radius 3 is 2.61 bits per heavy atom. The second-order valence-corrected chi connectivity index (χ2v) is 6.54. The molecule has 0 saturated carbocycles. The summed E-state index contributed by atoms with van der Waals surface area (Å²) in [4.78, 5) is 5.32. The largest absolute Gasteiger partial charge is 0.297 e. The van der Waals surface area contributed by atoms with E-state index in [1.54, 1.807) is 0 Å². The van der Waals surface area contributed by atoms with Gasteiger partial charge in [-0.05, 0) is 12.0 Å². The van der Waals surface area contributed by atoms with Gasteiger partial charge in [0.15, 0.2) is 0 Å². The van der Waals surface area contributed by atoms with Crippen LogP contribution in [0, 0.1) is 0 Å². The molecule has 2 nitrogen and oxygen atoms in total. The lowest BCUT2D eigenvalue weighted by molar-refractivity contribution is 0.208. The number of hydrogen-bond donors (Lipinski definition) is 0. The maximum absolute atomic E-state index is 2.71. The Hall–Kier alpha value is -0.510. The fourth-order valence-electron chi connectivity index (χ4n) is 3.04. The summed E-state index contributed by atoms with van der Waals surface area (Å²) in [5.41, 5.74) is 1.45. The highest BCUT2D eigenvalue weighted by Gasteiger charge is 2.28. The highest BCUT2D eigenvalue weighted by atomic mass is 32.2. The van der Waals surface area contributed by atoms with Crippen molar-refractivity contribution in [3.8, 4) is 0 Å². The Bertz CT molecular complexity index is 362. The molecule has 3 rings (SSSR count). The molecule has 0 radical (unpaired) electrons. The van der Waals surface area contributed by atoms with Crippen molar-refractivity contribution in [2.75, 3.05) is 37.7 Å². The second-order valence-electron chi connectivity index (χ2n) is 5.31. The first-order valence-electron chi connectivity index (χ1n) is 7.00. The third-order valence-electron chi connectivity index (χ3n) is 4.06. The van der Waals surface area contributed by atoms with Crippen LogP contribution in [0.3, 0.4) is 0 Å². The van der Waals surface area contributed by atoms with Gasteiger partial charge in [0.1, 0.15) is 0 Å². The van der Waals surface area contributed by atoms with E-state index in [9.17, 15) is 0 Å². The minimum Gasteiger partial charge on any atom is -0.297 e. The van der Waals surface area contributed by atoms with Crippen LogP contribution in [-0.4, -0.2) is 53.5 Å². The number of hydrogen-bond acceptors (Lipinski definition) is 3. The predicted molar refractivity (Wildman–Crippen MR) is 79.0 cm³/mol. The standard InChI is InChI=1S/C15H22N2S/c1-2-4-14(5-3-1)12-16-7-6-15(13-16)17-8-10-18-11-9-17/h1-5,15H,6-13H2. The van der Waals surface area contributed by atoms with Crippen LogP contribution in [0.15, 0.2) is 30.3 Å². The SMILES string of the molecule is c1ccc(CN2CCC(N3CCSCC3)C2)cc1.